The monoisotopic (exact) mass is 295 g/mol. The van der Waals surface area contributed by atoms with Gasteiger partial charge in [0.25, 0.3) is 0 Å². The van der Waals surface area contributed by atoms with Crippen LogP contribution in [-0.2, 0) is 9.84 Å². The van der Waals surface area contributed by atoms with Crippen LogP contribution in [0.3, 0.4) is 0 Å². The Kier molecular flexibility index (Phi) is 4.20. The van der Waals surface area contributed by atoms with Gasteiger partial charge in [0.2, 0.25) is 11.8 Å². The summed E-state index contributed by atoms with van der Waals surface area (Å²) in [5.74, 6) is 0.908. The fourth-order valence-electron chi connectivity index (χ4n) is 1.84. The summed E-state index contributed by atoms with van der Waals surface area (Å²) in [6.45, 7) is 2.02. The molecular weight excluding hydrogens is 278 g/mol. The number of sulfone groups is 1. The maximum Gasteiger partial charge on any atom is 0.247 e. The molecule has 0 aliphatic rings. The summed E-state index contributed by atoms with van der Waals surface area (Å²) >= 11 is 0. The van der Waals surface area contributed by atoms with Gasteiger partial charge in [0.15, 0.2) is 9.84 Å². The SMILES string of the molecule is CCC(NC)c1nnc(-c2ccc(S(C)(=O)=O)cc2)o1. The van der Waals surface area contributed by atoms with Gasteiger partial charge >= 0.3 is 0 Å². The van der Waals surface area contributed by atoms with Crippen LogP contribution in [0.15, 0.2) is 33.6 Å². The summed E-state index contributed by atoms with van der Waals surface area (Å²) < 4.78 is 28.4. The standard InChI is InChI=1S/C13H17N3O3S/c1-4-11(14-2)13-16-15-12(19-13)9-5-7-10(8-6-9)20(3,17)18/h5-8,11,14H,4H2,1-3H3. The topological polar surface area (TPSA) is 85.1 Å². The zero-order valence-electron chi connectivity index (χ0n) is 11.6. The smallest absolute Gasteiger partial charge is 0.247 e. The Labute approximate surface area is 118 Å². The van der Waals surface area contributed by atoms with Gasteiger partial charge < -0.3 is 9.73 Å². The maximum absolute atomic E-state index is 11.4. The molecule has 0 saturated heterocycles. The predicted octanol–water partition coefficient (Wildman–Crippen LogP) is 1.81. The number of nitrogens with zero attached hydrogens (tertiary/aromatic N) is 2. The van der Waals surface area contributed by atoms with Crippen LogP contribution < -0.4 is 5.32 Å². The lowest BCUT2D eigenvalue weighted by Crippen LogP contribution is -2.15. The Balaban J connectivity index is 2.29. The van der Waals surface area contributed by atoms with Gasteiger partial charge in [0.05, 0.1) is 10.9 Å². The van der Waals surface area contributed by atoms with Crippen molar-refractivity contribution in [2.24, 2.45) is 0 Å². The van der Waals surface area contributed by atoms with Gasteiger partial charge in [0, 0.05) is 11.8 Å². The molecule has 1 heterocycles. The minimum absolute atomic E-state index is 0.0199. The number of nitrogens with one attached hydrogen (secondary N) is 1. The van der Waals surface area contributed by atoms with E-state index in [0.29, 0.717) is 17.3 Å². The van der Waals surface area contributed by atoms with E-state index in [2.05, 4.69) is 15.5 Å². The molecule has 2 aromatic rings. The molecule has 0 radical (unpaired) electrons. The molecule has 1 N–H and O–H groups in total. The Morgan fingerprint density at radius 2 is 1.90 bits per heavy atom. The van der Waals surface area contributed by atoms with E-state index in [1.165, 1.54) is 18.4 Å². The van der Waals surface area contributed by atoms with Crippen molar-refractivity contribution in [2.75, 3.05) is 13.3 Å². The van der Waals surface area contributed by atoms with E-state index in [-0.39, 0.29) is 10.9 Å². The lowest BCUT2D eigenvalue weighted by Gasteiger charge is -2.07. The van der Waals surface area contributed by atoms with Gasteiger partial charge in [-0.1, -0.05) is 6.92 Å². The van der Waals surface area contributed by atoms with E-state index in [1.54, 1.807) is 12.1 Å². The molecular formula is C13H17N3O3S. The molecule has 0 bridgehead atoms. The molecule has 20 heavy (non-hydrogen) atoms. The maximum atomic E-state index is 11.4. The molecule has 1 unspecified atom stereocenters. The summed E-state index contributed by atoms with van der Waals surface area (Å²) in [6, 6.07) is 6.40. The second kappa shape index (κ2) is 5.72. The molecule has 1 aromatic carbocycles. The lowest BCUT2D eigenvalue weighted by molar-refractivity contribution is 0.415. The summed E-state index contributed by atoms with van der Waals surface area (Å²) in [4.78, 5) is 0.266. The van der Waals surface area contributed by atoms with E-state index in [4.69, 9.17) is 4.42 Å². The van der Waals surface area contributed by atoms with Crippen LogP contribution in [0.2, 0.25) is 0 Å². The lowest BCUT2D eigenvalue weighted by atomic mass is 10.2. The van der Waals surface area contributed by atoms with E-state index < -0.39 is 9.84 Å². The second-order valence-corrected chi connectivity index (χ2v) is 6.51. The van der Waals surface area contributed by atoms with E-state index >= 15 is 0 Å². The molecule has 0 saturated carbocycles. The first-order valence-corrected chi connectivity index (χ1v) is 8.16. The van der Waals surface area contributed by atoms with Gasteiger partial charge in [-0.05, 0) is 37.7 Å². The Bertz CT molecular complexity index is 673. The number of benzene rings is 1. The molecule has 0 aliphatic carbocycles. The number of hydrogen-bond donors (Lipinski definition) is 1. The van der Waals surface area contributed by atoms with Crippen molar-refractivity contribution < 1.29 is 12.8 Å². The van der Waals surface area contributed by atoms with Crippen molar-refractivity contribution in [3.05, 3.63) is 30.2 Å². The van der Waals surface area contributed by atoms with Gasteiger partial charge in [-0.2, -0.15) is 0 Å². The van der Waals surface area contributed by atoms with Gasteiger partial charge in [0.1, 0.15) is 0 Å². The highest BCUT2D eigenvalue weighted by molar-refractivity contribution is 7.90. The Morgan fingerprint density at radius 3 is 2.40 bits per heavy atom. The number of aromatic nitrogens is 2. The summed E-state index contributed by atoms with van der Waals surface area (Å²) in [5, 5.41) is 11.1. The Morgan fingerprint density at radius 1 is 1.25 bits per heavy atom. The third kappa shape index (κ3) is 3.05. The zero-order valence-corrected chi connectivity index (χ0v) is 12.4. The Hall–Kier alpha value is -1.73. The third-order valence-electron chi connectivity index (χ3n) is 3.02. The first-order valence-electron chi connectivity index (χ1n) is 6.27. The highest BCUT2D eigenvalue weighted by atomic mass is 32.2. The van der Waals surface area contributed by atoms with Crippen molar-refractivity contribution >= 4 is 9.84 Å². The minimum atomic E-state index is -3.19. The van der Waals surface area contributed by atoms with Gasteiger partial charge in [-0.3, -0.25) is 0 Å². The van der Waals surface area contributed by atoms with Crippen LogP contribution in [0.25, 0.3) is 11.5 Å². The molecule has 7 heteroatoms. The summed E-state index contributed by atoms with van der Waals surface area (Å²) in [5.41, 5.74) is 0.696. The zero-order chi connectivity index (χ0) is 14.8. The number of rotatable bonds is 5. The summed E-state index contributed by atoms with van der Waals surface area (Å²) in [6.07, 6.45) is 2.01. The quantitative estimate of drug-likeness (QED) is 0.905. The van der Waals surface area contributed by atoms with E-state index in [9.17, 15) is 8.42 Å². The fraction of sp³-hybridized carbons (Fsp3) is 0.385. The van der Waals surface area contributed by atoms with Crippen molar-refractivity contribution in [3.8, 4) is 11.5 Å². The van der Waals surface area contributed by atoms with Crippen molar-refractivity contribution in [1.29, 1.82) is 0 Å². The van der Waals surface area contributed by atoms with Crippen LogP contribution >= 0.6 is 0 Å². The molecule has 0 aliphatic heterocycles. The molecule has 2 rings (SSSR count). The highest BCUT2D eigenvalue weighted by Crippen LogP contribution is 2.23. The third-order valence-corrected chi connectivity index (χ3v) is 4.15. The molecule has 1 aromatic heterocycles. The largest absolute Gasteiger partial charge is 0.419 e. The van der Waals surface area contributed by atoms with Crippen LogP contribution in [0.1, 0.15) is 25.3 Å². The minimum Gasteiger partial charge on any atom is -0.419 e. The van der Waals surface area contributed by atoms with Gasteiger partial charge in [-0.25, -0.2) is 8.42 Å². The van der Waals surface area contributed by atoms with Crippen LogP contribution in [0.5, 0.6) is 0 Å². The van der Waals surface area contributed by atoms with E-state index in [1.807, 2.05) is 14.0 Å². The highest BCUT2D eigenvalue weighted by Gasteiger charge is 2.16. The normalized spacial score (nSPS) is 13.3. The molecule has 0 spiro atoms. The molecule has 108 valence electrons. The van der Waals surface area contributed by atoms with Crippen LogP contribution in [0, 0.1) is 0 Å². The molecule has 0 amide bonds. The summed E-state index contributed by atoms with van der Waals surface area (Å²) in [7, 11) is -1.36. The van der Waals surface area contributed by atoms with Crippen molar-refractivity contribution in [2.45, 2.75) is 24.3 Å². The van der Waals surface area contributed by atoms with Crippen molar-refractivity contribution in [1.82, 2.24) is 15.5 Å². The molecule has 0 fully saturated rings. The van der Waals surface area contributed by atoms with Gasteiger partial charge in [-0.15, -0.1) is 10.2 Å². The molecule has 1 atom stereocenters. The van der Waals surface area contributed by atoms with E-state index in [0.717, 1.165) is 6.42 Å². The fourth-order valence-corrected chi connectivity index (χ4v) is 2.47. The number of hydrogen-bond acceptors (Lipinski definition) is 6. The van der Waals surface area contributed by atoms with Crippen LogP contribution in [-0.4, -0.2) is 31.9 Å². The first kappa shape index (κ1) is 14.7. The average molecular weight is 295 g/mol. The van der Waals surface area contributed by atoms with Crippen LogP contribution in [0.4, 0.5) is 0 Å². The predicted molar refractivity (Wildman–Crippen MR) is 74.9 cm³/mol. The average Bonchev–Trinajstić information content (AvgIpc) is 2.89. The van der Waals surface area contributed by atoms with Crippen molar-refractivity contribution in [3.63, 3.8) is 0 Å². The first-order chi connectivity index (χ1) is 9.45. The second-order valence-electron chi connectivity index (χ2n) is 4.49. The molecule has 6 nitrogen and oxygen atoms in total.